The molecular weight excluding hydrogens is 240 g/mol. The summed E-state index contributed by atoms with van der Waals surface area (Å²) in [6.07, 6.45) is 0.353. The first-order valence-electron chi connectivity index (χ1n) is 5.37. The van der Waals surface area contributed by atoms with Crippen LogP contribution in [0, 0.1) is 12.8 Å². The lowest BCUT2D eigenvalue weighted by Crippen LogP contribution is -2.46. The fraction of sp³-hybridized carbons (Fsp3) is 0.500. The van der Waals surface area contributed by atoms with Crippen LogP contribution in [0.4, 0.5) is 0 Å². The molecule has 0 unspecified atom stereocenters. The highest BCUT2D eigenvalue weighted by atomic mass is 32.1. The summed E-state index contributed by atoms with van der Waals surface area (Å²) in [6, 6.07) is 1.96. The van der Waals surface area contributed by atoms with E-state index in [0.717, 1.165) is 10.4 Å². The second-order valence-electron chi connectivity index (χ2n) is 4.59. The molecule has 0 aliphatic carbocycles. The minimum Gasteiger partial charge on any atom is -0.422 e. The van der Waals surface area contributed by atoms with E-state index >= 15 is 0 Å². The van der Waals surface area contributed by atoms with E-state index in [9.17, 15) is 9.59 Å². The first-order chi connectivity index (χ1) is 7.87. The van der Waals surface area contributed by atoms with Crippen molar-refractivity contribution in [1.29, 1.82) is 0 Å². The van der Waals surface area contributed by atoms with Crippen LogP contribution < -0.4 is 0 Å². The molecule has 5 heteroatoms. The molecule has 1 aliphatic heterocycles. The molecule has 1 aromatic rings. The monoisotopic (exact) mass is 254 g/mol. The van der Waals surface area contributed by atoms with Gasteiger partial charge in [0.15, 0.2) is 5.92 Å². The average Bonchev–Trinajstić information content (AvgIpc) is 2.56. The van der Waals surface area contributed by atoms with Crippen LogP contribution in [0.15, 0.2) is 11.4 Å². The maximum atomic E-state index is 11.7. The number of aryl methyl sites for hydroxylation is 1. The molecule has 0 atom stereocenters. The molecule has 0 N–H and O–H groups in total. The first kappa shape index (κ1) is 12.1. The Morgan fingerprint density at radius 3 is 2.35 bits per heavy atom. The lowest BCUT2D eigenvalue weighted by atomic mass is 10.0. The van der Waals surface area contributed by atoms with E-state index < -0.39 is 23.6 Å². The minimum atomic E-state index is -1.14. The lowest BCUT2D eigenvalue weighted by Gasteiger charge is -2.32. The molecule has 1 fully saturated rings. The Morgan fingerprint density at radius 2 is 1.88 bits per heavy atom. The van der Waals surface area contributed by atoms with Crippen LogP contribution in [-0.2, 0) is 25.5 Å². The van der Waals surface area contributed by atoms with Gasteiger partial charge in [0.1, 0.15) is 0 Å². The van der Waals surface area contributed by atoms with Gasteiger partial charge in [0.25, 0.3) is 5.79 Å². The highest BCUT2D eigenvalue weighted by Gasteiger charge is 2.43. The van der Waals surface area contributed by atoms with Crippen LogP contribution >= 0.6 is 11.3 Å². The van der Waals surface area contributed by atoms with Crippen molar-refractivity contribution in [2.24, 2.45) is 5.92 Å². The molecule has 0 radical (unpaired) electrons. The Bertz CT molecular complexity index is 441. The van der Waals surface area contributed by atoms with Gasteiger partial charge in [0, 0.05) is 25.1 Å². The van der Waals surface area contributed by atoms with Gasteiger partial charge >= 0.3 is 11.9 Å². The molecule has 2 heterocycles. The Balaban J connectivity index is 2.11. The van der Waals surface area contributed by atoms with E-state index in [1.807, 2.05) is 18.4 Å². The molecule has 0 aromatic carbocycles. The second-order valence-corrected chi connectivity index (χ2v) is 5.58. The van der Waals surface area contributed by atoms with Gasteiger partial charge in [-0.3, -0.25) is 9.59 Å². The second kappa shape index (κ2) is 4.14. The predicted molar refractivity (Wildman–Crippen MR) is 62.5 cm³/mol. The summed E-state index contributed by atoms with van der Waals surface area (Å²) in [5.74, 6) is -2.98. The summed E-state index contributed by atoms with van der Waals surface area (Å²) in [4.78, 5) is 24.4. The van der Waals surface area contributed by atoms with Crippen LogP contribution in [0.5, 0.6) is 0 Å². The number of cyclic esters (lactones) is 2. The highest BCUT2D eigenvalue weighted by molar-refractivity contribution is 7.10. The van der Waals surface area contributed by atoms with E-state index in [2.05, 4.69) is 0 Å². The fourth-order valence-electron chi connectivity index (χ4n) is 1.71. The van der Waals surface area contributed by atoms with Crippen LogP contribution in [0.2, 0.25) is 0 Å². The van der Waals surface area contributed by atoms with Crippen molar-refractivity contribution in [2.45, 2.75) is 33.0 Å². The summed E-state index contributed by atoms with van der Waals surface area (Å²) < 4.78 is 10.1. The van der Waals surface area contributed by atoms with E-state index in [1.54, 1.807) is 13.8 Å². The third kappa shape index (κ3) is 2.66. The highest BCUT2D eigenvalue weighted by Crippen LogP contribution is 2.27. The Labute approximate surface area is 104 Å². The largest absolute Gasteiger partial charge is 0.422 e. The zero-order valence-electron chi connectivity index (χ0n) is 9.98. The SMILES string of the molecule is Cc1csc(CC2C(=O)OC(C)(C)OC2=O)c1. The molecule has 0 amide bonds. The van der Waals surface area contributed by atoms with Crippen molar-refractivity contribution in [1.82, 2.24) is 0 Å². The molecule has 1 aliphatic rings. The first-order valence-corrected chi connectivity index (χ1v) is 6.25. The van der Waals surface area contributed by atoms with E-state index in [0.29, 0.717) is 6.42 Å². The summed E-state index contributed by atoms with van der Waals surface area (Å²) in [6.45, 7) is 5.07. The Hall–Kier alpha value is -1.36. The van der Waals surface area contributed by atoms with Gasteiger partial charge in [-0.1, -0.05) is 0 Å². The number of ether oxygens (including phenoxy) is 2. The van der Waals surface area contributed by atoms with Gasteiger partial charge < -0.3 is 9.47 Å². The summed E-state index contributed by atoms with van der Waals surface area (Å²) in [7, 11) is 0. The lowest BCUT2D eigenvalue weighted by molar-refractivity contribution is -0.239. The van der Waals surface area contributed by atoms with Gasteiger partial charge in [0.05, 0.1) is 0 Å². The molecule has 0 spiro atoms. The zero-order valence-corrected chi connectivity index (χ0v) is 10.8. The van der Waals surface area contributed by atoms with E-state index in [-0.39, 0.29) is 0 Å². The van der Waals surface area contributed by atoms with E-state index in [4.69, 9.17) is 9.47 Å². The molecule has 4 nitrogen and oxygen atoms in total. The van der Waals surface area contributed by atoms with Gasteiger partial charge in [-0.2, -0.15) is 0 Å². The maximum Gasteiger partial charge on any atom is 0.323 e. The van der Waals surface area contributed by atoms with Crippen LogP contribution in [0.25, 0.3) is 0 Å². The predicted octanol–water partition coefficient (Wildman–Crippen LogP) is 2.05. The number of esters is 2. The number of thiophene rings is 1. The normalized spacial score (nSPS) is 19.9. The van der Waals surface area contributed by atoms with Crippen molar-refractivity contribution in [3.8, 4) is 0 Å². The molecule has 1 aromatic heterocycles. The number of hydrogen-bond donors (Lipinski definition) is 0. The standard InChI is InChI=1S/C12H14O4S/c1-7-4-8(17-6-7)5-9-10(13)15-12(2,3)16-11(9)14/h4,6,9H,5H2,1-3H3. The third-order valence-corrected chi connectivity index (χ3v) is 3.53. The van der Waals surface area contributed by atoms with Crippen molar-refractivity contribution in [3.05, 3.63) is 21.9 Å². The van der Waals surface area contributed by atoms with Crippen LogP contribution in [0.3, 0.4) is 0 Å². The van der Waals surface area contributed by atoms with Gasteiger partial charge in [-0.15, -0.1) is 11.3 Å². The molecule has 17 heavy (non-hydrogen) atoms. The van der Waals surface area contributed by atoms with Crippen molar-refractivity contribution in [2.75, 3.05) is 0 Å². The molecular formula is C12H14O4S. The van der Waals surface area contributed by atoms with Gasteiger partial charge in [-0.05, 0) is 23.9 Å². The number of hydrogen-bond acceptors (Lipinski definition) is 5. The maximum absolute atomic E-state index is 11.7. The molecule has 1 saturated heterocycles. The average molecular weight is 254 g/mol. The van der Waals surface area contributed by atoms with E-state index in [1.165, 1.54) is 11.3 Å². The zero-order chi connectivity index (χ0) is 12.6. The van der Waals surface area contributed by atoms with Crippen molar-refractivity contribution >= 4 is 23.3 Å². The number of carbonyl (C=O) groups is 2. The smallest absolute Gasteiger partial charge is 0.323 e. The summed E-state index contributed by atoms with van der Waals surface area (Å²) in [5, 5.41) is 1.98. The van der Waals surface area contributed by atoms with Crippen molar-refractivity contribution in [3.63, 3.8) is 0 Å². The summed E-state index contributed by atoms with van der Waals surface area (Å²) in [5.41, 5.74) is 1.13. The van der Waals surface area contributed by atoms with Gasteiger partial charge in [0.2, 0.25) is 0 Å². The Morgan fingerprint density at radius 1 is 1.29 bits per heavy atom. The molecule has 2 rings (SSSR count). The quantitative estimate of drug-likeness (QED) is 0.598. The fourth-order valence-corrected chi connectivity index (χ4v) is 2.63. The third-order valence-electron chi connectivity index (χ3n) is 2.45. The number of carbonyl (C=O) groups excluding carboxylic acids is 2. The van der Waals surface area contributed by atoms with Crippen LogP contribution in [-0.4, -0.2) is 17.7 Å². The molecule has 0 saturated carbocycles. The molecule has 0 bridgehead atoms. The summed E-state index contributed by atoms with van der Waals surface area (Å²) >= 11 is 1.53. The Kier molecular flexibility index (Phi) is 2.95. The number of rotatable bonds is 2. The topological polar surface area (TPSA) is 52.6 Å². The molecule has 92 valence electrons. The minimum absolute atomic E-state index is 0.353. The van der Waals surface area contributed by atoms with Crippen molar-refractivity contribution < 1.29 is 19.1 Å². The van der Waals surface area contributed by atoms with Crippen LogP contribution in [0.1, 0.15) is 24.3 Å². The van der Waals surface area contributed by atoms with Gasteiger partial charge in [-0.25, -0.2) is 0 Å².